The molecule has 8 heteroatoms. The molecule has 2 aromatic carbocycles. The molecule has 0 saturated carbocycles. The summed E-state index contributed by atoms with van der Waals surface area (Å²) in [6.45, 7) is 0.267. The number of hydrogen-bond donors (Lipinski definition) is 0. The Balaban J connectivity index is 1.69. The van der Waals surface area contributed by atoms with Crippen LogP contribution in [0.1, 0.15) is 11.1 Å². The largest absolute Gasteiger partial charge is 0.456 e. The quantitative estimate of drug-likeness (QED) is 0.405. The zero-order valence-corrected chi connectivity index (χ0v) is 16.7. The molecule has 0 amide bonds. The van der Waals surface area contributed by atoms with E-state index in [2.05, 4.69) is 0 Å². The lowest BCUT2D eigenvalue weighted by molar-refractivity contribution is -0.137. The van der Waals surface area contributed by atoms with Crippen LogP contribution in [-0.2, 0) is 32.3 Å². The van der Waals surface area contributed by atoms with Gasteiger partial charge in [0.1, 0.15) is 13.2 Å². The summed E-state index contributed by atoms with van der Waals surface area (Å²) in [6, 6.07) is 18.5. The molecule has 0 unspecified atom stereocenters. The number of carbonyl (C=O) groups excluding carboxylic acids is 2. The Kier molecular flexibility index (Phi) is 8.76. The normalized spacial score (nSPS) is 10.0. The van der Waals surface area contributed by atoms with Crippen LogP contribution in [0.2, 0.25) is 0 Å². The number of thiocarbonyl (C=S) groups is 2. The van der Waals surface area contributed by atoms with E-state index in [0.717, 1.165) is 32.7 Å². The fraction of sp³-hybridized carbons (Fsp3) is 0.111. The van der Waals surface area contributed by atoms with E-state index in [0.29, 0.717) is 0 Å². The summed E-state index contributed by atoms with van der Waals surface area (Å²) in [5.74, 6) is -1.25. The maximum atomic E-state index is 11.9. The van der Waals surface area contributed by atoms with Gasteiger partial charge in [0.2, 0.25) is 0 Å². The topological polar surface area (TPSA) is 52.6 Å². The van der Waals surface area contributed by atoms with Crippen molar-refractivity contribution in [2.75, 3.05) is 0 Å². The number of rotatable bonds is 4. The number of carbonyl (C=O) groups is 2. The number of hydrogen-bond acceptors (Lipinski definition) is 8. The molecule has 0 spiro atoms. The predicted octanol–water partition coefficient (Wildman–Crippen LogP) is 4.51. The van der Waals surface area contributed by atoms with Gasteiger partial charge in [-0.2, -0.15) is 0 Å². The fourth-order valence-corrected chi connectivity index (χ4v) is 3.71. The highest BCUT2D eigenvalue weighted by molar-refractivity contribution is 8.90. The van der Waals surface area contributed by atoms with E-state index >= 15 is 0 Å². The van der Waals surface area contributed by atoms with Crippen molar-refractivity contribution < 1.29 is 19.1 Å². The molecular formula is C18H14O4S4. The molecule has 4 nitrogen and oxygen atoms in total. The molecule has 2 aromatic rings. The Morgan fingerprint density at radius 2 is 1.04 bits per heavy atom. The number of esters is 2. The van der Waals surface area contributed by atoms with Gasteiger partial charge in [0.15, 0.2) is 8.39 Å². The zero-order chi connectivity index (χ0) is 18.8. The predicted molar refractivity (Wildman–Crippen MR) is 113 cm³/mol. The molecule has 26 heavy (non-hydrogen) atoms. The first-order valence-electron chi connectivity index (χ1n) is 7.41. The van der Waals surface area contributed by atoms with Crippen LogP contribution in [0.15, 0.2) is 60.7 Å². The van der Waals surface area contributed by atoms with E-state index in [1.54, 1.807) is 0 Å². The first-order chi connectivity index (χ1) is 12.6. The second-order valence-corrected chi connectivity index (χ2v) is 8.35. The molecule has 0 atom stereocenters. The van der Waals surface area contributed by atoms with Crippen LogP contribution in [0.3, 0.4) is 0 Å². The van der Waals surface area contributed by atoms with Crippen LogP contribution < -0.4 is 0 Å². The second kappa shape index (κ2) is 11.1. The smallest absolute Gasteiger partial charge is 0.356 e. The Labute approximate surface area is 170 Å². The lowest BCUT2D eigenvalue weighted by Crippen LogP contribution is -2.14. The van der Waals surface area contributed by atoms with E-state index in [1.165, 1.54) is 0 Å². The Bertz CT molecular complexity index is 711. The lowest BCUT2D eigenvalue weighted by Gasteiger charge is -2.07. The van der Waals surface area contributed by atoms with Gasteiger partial charge in [0.05, 0.1) is 0 Å². The van der Waals surface area contributed by atoms with Gasteiger partial charge in [-0.25, -0.2) is 9.59 Å². The molecule has 0 aromatic heterocycles. The zero-order valence-electron chi connectivity index (χ0n) is 13.5. The van der Waals surface area contributed by atoms with Crippen molar-refractivity contribution >= 4 is 66.4 Å². The highest BCUT2D eigenvalue weighted by Gasteiger charge is 2.18. The molecule has 0 radical (unpaired) electrons. The molecule has 0 heterocycles. The van der Waals surface area contributed by atoms with Crippen molar-refractivity contribution in [3.63, 3.8) is 0 Å². The molecule has 0 aliphatic heterocycles. The molecule has 134 valence electrons. The van der Waals surface area contributed by atoms with Gasteiger partial charge in [-0.05, 0) is 32.7 Å². The summed E-state index contributed by atoms with van der Waals surface area (Å²) in [4.78, 5) is 23.7. The monoisotopic (exact) mass is 422 g/mol. The minimum absolute atomic E-state index is 0.0101. The van der Waals surface area contributed by atoms with Gasteiger partial charge in [-0.3, -0.25) is 0 Å². The van der Waals surface area contributed by atoms with Crippen LogP contribution >= 0.6 is 46.0 Å². The van der Waals surface area contributed by atoms with Crippen LogP contribution in [0.4, 0.5) is 0 Å². The standard InChI is InChI=1S/C18H14O4S4/c19-15(21-11-13-7-3-1-4-8-13)17(23)25-26-18(24)16(20)22-12-14-9-5-2-6-10-14/h1-10H,11-12H2. The first kappa shape index (κ1) is 20.6. The van der Waals surface area contributed by atoms with Crippen molar-refractivity contribution in [2.24, 2.45) is 0 Å². The summed E-state index contributed by atoms with van der Waals surface area (Å²) >= 11 is 9.99. The molecule has 0 aliphatic carbocycles. The second-order valence-electron chi connectivity index (χ2n) is 4.87. The van der Waals surface area contributed by atoms with Gasteiger partial charge in [0.25, 0.3) is 0 Å². The van der Waals surface area contributed by atoms with Gasteiger partial charge >= 0.3 is 11.9 Å². The summed E-state index contributed by atoms with van der Waals surface area (Å²) in [7, 11) is 1.82. The lowest BCUT2D eigenvalue weighted by atomic mass is 10.2. The van der Waals surface area contributed by atoms with Gasteiger partial charge in [0, 0.05) is 0 Å². The Morgan fingerprint density at radius 1 is 0.692 bits per heavy atom. The molecule has 0 fully saturated rings. The van der Waals surface area contributed by atoms with Crippen molar-refractivity contribution in [3.8, 4) is 0 Å². The van der Waals surface area contributed by atoms with Crippen LogP contribution in [0.5, 0.6) is 0 Å². The third kappa shape index (κ3) is 7.25. The first-order valence-corrected chi connectivity index (χ1v) is 10.4. The summed E-state index contributed by atoms with van der Waals surface area (Å²) < 4.78 is 10.2. The summed E-state index contributed by atoms with van der Waals surface area (Å²) in [6.07, 6.45) is 0. The van der Waals surface area contributed by atoms with E-state index in [9.17, 15) is 9.59 Å². The molecule has 0 bridgehead atoms. The average molecular weight is 423 g/mol. The van der Waals surface area contributed by atoms with Gasteiger partial charge in [-0.1, -0.05) is 85.1 Å². The average Bonchev–Trinajstić information content (AvgIpc) is 2.69. The highest BCUT2D eigenvalue weighted by Crippen LogP contribution is 2.26. The van der Waals surface area contributed by atoms with Crippen molar-refractivity contribution in [3.05, 3.63) is 71.8 Å². The number of benzene rings is 2. The number of ether oxygens (including phenoxy) is 2. The van der Waals surface area contributed by atoms with E-state index in [4.69, 9.17) is 33.9 Å². The summed E-state index contributed by atoms with van der Waals surface area (Å²) in [5, 5.41) is 0. The van der Waals surface area contributed by atoms with Crippen molar-refractivity contribution in [1.82, 2.24) is 0 Å². The van der Waals surface area contributed by atoms with E-state index in [-0.39, 0.29) is 21.6 Å². The molecule has 0 N–H and O–H groups in total. The molecule has 0 aliphatic rings. The molecule has 2 rings (SSSR count). The maximum Gasteiger partial charge on any atom is 0.356 e. The van der Waals surface area contributed by atoms with Crippen LogP contribution in [-0.4, -0.2) is 20.3 Å². The van der Waals surface area contributed by atoms with Crippen molar-refractivity contribution in [1.29, 1.82) is 0 Å². The van der Waals surface area contributed by atoms with Crippen LogP contribution in [0, 0.1) is 0 Å². The minimum atomic E-state index is -0.623. The maximum absolute atomic E-state index is 11.9. The van der Waals surface area contributed by atoms with E-state index < -0.39 is 11.9 Å². The van der Waals surface area contributed by atoms with Gasteiger partial charge in [-0.15, -0.1) is 0 Å². The fourth-order valence-electron chi connectivity index (χ4n) is 1.71. The van der Waals surface area contributed by atoms with Crippen molar-refractivity contribution in [2.45, 2.75) is 13.2 Å². The third-order valence-electron chi connectivity index (χ3n) is 2.95. The molecular weight excluding hydrogens is 408 g/mol. The van der Waals surface area contributed by atoms with E-state index in [1.807, 2.05) is 60.7 Å². The molecule has 0 saturated heterocycles. The Morgan fingerprint density at radius 3 is 1.38 bits per heavy atom. The third-order valence-corrected chi connectivity index (χ3v) is 6.39. The van der Waals surface area contributed by atoms with Gasteiger partial charge < -0.3 is 9.47 Å². The highest BCUT2D eigenvalue weighted by atomic mass is 33.1. The minimum Gasteiger partial charge on any atom is -0.456 e. The van der Waals surface area contributed by atoms with Crippen LogP contribution in [0.25, 0.3) is 0 Å². The Hall–Kier alpha value is -1.74. The summed E-state index contributed by atoms with van der Waals surface area (Å²) in [5.41, 5.74) is 1.72. The SMILES string of the molecule is O=C(OCc1ccccc1)C(=S)SSC(=S)C(=O)OCc1ccccc1.